The molecule has 0 atom stereocenters. The van der Waals surface area contributed by atoms with Crippen LogP contribution >= 0.6 is 24.8 Å². The summed E-state index contributed by atoms with van der Waals surface area (Å²) in [7, 11) is 1.91. The molecular weight excluding hydrogens is 321 g/mol. The predicted molar refractivity (Wildman–Crippen MR) is 95.4 cm³/mol. The fourth-order valence-corrected chi connectivity index (χ4v) is 2.04. The van der Waals surface area contributed by atoms with Gasteiger partial charge in [0.25, 0.3) is 5.91 Å². The molecular formula is C16H21Cl2N3O. The van der Waals surface area contributed by atoms with Crippen molar-refractivity contribution in [2.75, 3.05) is 12.4 Å². The van der Waals surface area contributed by atoms with E-state index in [4.69, 9.17) is 0 Å². The number of carbonyl (C=O) groups excluding carboxylic acids is 1. The van der Waals surface area contributed by atoms with Crippen LogP contribution in [0.3, 0.4) is 0 Å². The molecule has 1 heterocycles. The van der Waals surface area contributed by atoms with E-state index in [9.17, 15) is 4.79 Å². The molecule has 2 N–H and O–H groups in total. The highest BCUT2D eigenvalue weighted by atomic mass is 35.5. The third kappa shape index (κ3) is 5.30. The smallest absolute Gasteiger partial charge is 0.257 e. The normalized spacial score (nSPS) is 9.41. The van der Waals surface area contributed by atoms with Gasteiger partial charge < -0.3 is 10.6 Å². The van der Waals surface area contributed by atoms with Gasteiger partial charge in [-0.15, -0.1) is 24.8 Å². The second-order valence-corrected chi connectivity index (χ2v) is 4.77. The molecule has 1 amide bonds. The lowest BCUT2D eigenvalue weighted by Crippen LogP contribution is -2.14. The standard InChI is InChI=1S/C16H19N3O.2ClH/c1-11-4-9-15(12(2)18-11)16(20)19-14-7-5-13(6-8-14)10-17-3;;/h4-9,17H,10H2,1-3H3,(H,19,20);2*1H. The number of aryl methyl sites for hydroxylation is 2. The summed E-state index contributed by atoms with van der Waals surface area (Å²) in [5.41, 5.74) is 4.23. The number of nitrogens with zero attached hydrogens (tertiary/aromatic N) is 1. The van der Waals surface area contributed by atoms with E-state index in [2.05, 4.69) is 15.6 Å². The molecule has 0 unspecified atom stereocenters. The third-order valence-electron chi connectivity index (χ3n) is 3.06. The molecule has 0 saturated heterocycles. The lowest BCUT2D eigenvalue weighted by atomic mass is 10.1. The van der Waals surface area contributed by atoms with Crippen molar-refractivity contribution in [3.8, 4) is 0 Å². The minimum atomic E-state index is -0.128. The van der Waals surface area contributed by atoms with Gasteiger partial charge >= 0.3 is 0 Å². The van der Waals surface area contributed by atoms with Crippen LogP contribution in [0.1, 0.15) is 27.3 Å². The molecule has 6 heteroatoms. The molecule has 2 aromatic rings. The van der Waals surface area contributed by atoms with Crippen molar-refractivity contribution in [3.63, 3.8) is 0 Å². The van der Waals surface area contributed by atoms with E-state index in [1.54, 1.807) is 0 Å². The second kappa shape index (κ2) is 9.41. The molecule has 0 saturated carbocycles. The predicted octanol–water partition coefficient (Wildman–Crippen LogP) is 3.51. The number of anilines is 1. The van der Waals surface area contributed by atoms with Crippen LogP contribution in [0.25, 0.3) is 0 Å². The first-order valence-corrected chi connectivity index (χ1v) is 6.59. The zero-order valence-electron chi connectivity index (χ0n) is 12.8. The van der Waals surface area contributed by atoms with E-state index in [0.717, 1.165) is 23.6 Å². The molecule has 1 aromatic carbocycles. The SMILES string of the molecule is CNCc1ccc(NC(=O)c2ccc(C)nc2C)cc1.Cl.Cl. The number of benzene rings is 1. The summed E-state index contributed by atoms with van der Waals surface area (Å²) in [4.78, 5) is 16.5. The van der Waals surface area contributed by atoms with E-state index < -0.39 is 0 Å². The minimum Gasteiger partial charge on any atom is -0.322 e. The first kappa shape index (κ1) is 20.4. The highest BCUT2D eigenvalue weighted by Crippen LogP contribution is 2.13. The van der Waals surface area contributed by atoms with Gasteiger partial charge in [0.2, 0.25) is 0 Å². The van der Waals surface area contributed by atoms with Crippen molar-refractivity contribution in [3.05, 3.63) is 58.9 Å². The van der Waals surface area contributed by atoms with Crippen LogP contribution in [0, 0.1) is 13.8 Å². The van der Waals surface area contributed by atoms with Crippen LogP contribution in [0.15, 0.2) is 36.4 Å². The zero-order valence-corrected chi connectivity index (χ0v) is 14.5. The maximum absolute atomic E-state index is 12.2. The molecule has 2 rings (SSSR count). The quantitative estimate of drug-likeness (QED) is 0.894. The monoisotopic (exact) mass is 341 g/mol. The highest BCUT2D eigenvalue weighted by molar-refractivity contribution is 6.04. The molecule has 22 heavy (non-hydrogen) atoms. The Balaban J connectivity index is 0.00000220. The van der Waals surface area contributed by atoms with Gasteiger partial charge in [0, 0.05) is 17.9 Å². The highest BCUT2D eigenvalue weighted by Gasteiger charge is 2.10. The van der Waals surface area contributed by atoms with Crippen LogP contribution in [0.2, 0.25) is 0 Å². The summed E-state index contributed by atoms with van der Waals surface area (Å²) < 4.78 is 0. The van der Waals surface area contributed by atoms with Crippen LogP contribution in [-0.4, -0.2) is 17.9 Å². The van der Waals surface area contributed by atoms with Crippen molar-refractivity contribution < 1.29 is 4.79 Å². The van der Waals surface area contributed by atoms with Gasteiger partial charge in [-0.1, -0.05) is 12.1 Å². The van der Waals surface area contributed by atoms with Crippen molar-refractivity contribution in [1.82, 2.24) is 10.3 Å². The molecule has 120 valence electrons. The number of hydrogen-bond donors (Lipinski definition) is 2. The molecule has 1 aromatic heterocycles. The summed E-state index contributed by atoms with van der Waals surface area (Å²) in [5.74, 6) is -0.128. The Kier molecular flexibility index (Phi) is 8.72. The van der Waals surface area contributed by atoms with Gasteiger partial charge in [-0.05, 0) is 50.7 Å². The molecule has 0 spiro atoms. The summed E-state index contributed by atoms with van der Waals surface area (Å²) >= 11 is 0. The van der Waals surface area contributed by atoms with Crippen molar-refractivity contribution in [2.45, 2.75) is 20.4 Å². The van der Waals surface area contributed by atoms with Gasteiger partial charge in [-0.3, -0.25) is 9.78 Å². The topological polar surface area (TPSA) is 54.0 Å². The number of nitrogens with one attached hydrogen (secondary N) is 2. The summed E-state index contributed by atoms with van der Waals surface area (Å²) in [6.07, 6.45) is 0. The average molecular weight is 342 g/mol. The Labute approximate surface area is 143 Å². The minimum absolute atomic E-state index is 0. The third-order valence-corrected chi connectivity index (χ3v) is 3.06. The molecule has 0 fully saturated rings. The Morgan fingerprint density at radius 1 is 1.05 bits per heavy atom. The Hall–Kier alpha value is -1.62. The van der Waals surface area contributed by atoms with Crippen LogP contribution < -0.4 is 10.6 Å². The number of aromatic nitrogens is 1. The lowest BCUT2D eigenvalue weighted by molar-refractivity contribution is 0.102. The zero-order chi connectivity index (χ0) is 14.5. The Morgan fingerprint density at radius 2 is 1.68 bits per heavy atom. The lowest BCUT2D eigenvalue weighted by Gasteiger charge is -2.08. The van der Waals surface area contributed by atoms with E-state index in [1.807, 2.05) is 57.3 Å². The largest absolute Gasteiger partial charge is 0.322 e. The number of rotatable bonds is 4. The van der Waals surface area contributed by atoms with Gasteiger partial charge in [0.1, 0.15) is 0 Å². The number of hydrogen-bond acceptors (Lipinski definition) is 3. The Morgan fingerprint density at radius 3 is 2.23 bits per heavy atom. The average Bonchev–Trinajstić information content (AvgIpc) is 2.41. The molecule has 0 bridgehead atoms. The second-order valence-electron chi connectivity index (χ2n) is 4.77. The van der Waals surface area contributed by atoms with Crippen LogP contribution in [0.4, 0.5) is 5.69 Å². The van der Waals surface area contributed by atoms with Crippen LogP contribution in [0.5, 0.6) is 0 Å². The van der Waals surface area contributed by atoms with Crippen molar-refractivity contribution in [1.29, 1.82) is 0 Å². The van der Waals surface area contributed by atoms with E-state index in [0.29, 0.717) is 5.56 Å². The number of halogens is 2. The van der Waals surface area contributed by atoms with E-state index in [1.165, 1.54) is 5.56 Å². The van der Waals surface area contributed by atoms with Gasteiger partial charge in [0.15, 0.2) is 0 Å². The van der Waals surface area contributed by atoms with Crippen molar-refractivity contribution in [2.24, 2.45) is 0 Å². The van der Waals surface area contributed by atoms with Gasteiger partial charge in [-0.2, -0.15) is 0 Å². The first-order valence-electron chi connectivity index (χ1n) is 6.59. The molecule has 4 nitrogen and oxygen atoms in total. The number of carbonyl (C=O) groups is 1. The van der Waals surface area contributed by atoms with Crippen LogP contribution in [-0.2, 0) is 6.54 Å². The van der Waals surface area contributed by atoms with Gasteiger partial charge in [-0.25, -0.2) is 0 Å². The maximum atomic E-state index is 12.2. The summed E-state index contributed by atoms with van der Waals surface area (Å²) in [5, 5.41) is 5.98. The van der Waals surface area contributed by atoms with E-state index >= 15 is 0 Å². The van der Waals surface area contributed by atoms with E-state index in [-0.39, 0.29) is 30.7 Å². The summed E-state index contributed by atoms with van der Waals surface area (Å²) in [6, 6.07) is 11.4. The summed E-state index contributed by atoms with van der Waals surface area (Å²) in [6.45, 7) is 4.57. The molecule has 0 aliphatic heterocycles. The number of amides is 1. The van der Waals surface area contributed by atoms with Crippen molar-refractivity contribution >= 4 is 36.4 Å². The molecule has 0 aliphatic carbocycles. The van der Waals surface area contributed by atoms with Gasteiger partial charge in [0.05, 0.1) is 11.3 Å². The Bertz CT molecular complexity index is 615. The maximum Gasteiger partial charge on any atom is 0.257 e. The molecule has 0 aliphatic rings. The fourth-order valence-electron chi connectivity index (χ4n) is 2.04. The first-order chi connectivity index (χ1) is 9.60. The number of pyridine rings is 1. The fraction of sp³-hybridized carbons (Fsp3) is 0.250. The molecule has 0 radical (unpaired) electrons.